The fourth-order valence-corrected chi connectivity index (χ4v) is 1.93. The van der Waals surface area contributed by atoms with Crippen molar-refractivity contribution in [2.45, 2.75) is 78.0 Å². The van der Waals surface area contributed by atoms with E-state index in [4.69, 9.17) is 14.6 Å². The van der Waals surface area contributed by atoms with Gasteiger partial charge in [0.1, 0.15) is 11.6 Å². The van der Waals surface area contributed by atoms with Crippen LogP contribution >= 0.6 is 0 Å². The van der Waals surface area contributed by atoms with Gasteiger partial charge >= 0.3 is 18.0 Å². The van der Waals surface area contributed by atoms with Crippen LogP contribution in [-0.2, 0) is 23.9 Å². The lowest BCUT2D eigenvalue weighted by molar-refractivity contribution is -0.153. The number of carbonyl (C=O) groups excluding carboxylic acids is 3. The van der Waals surface area contributed by atoms with Crippen molar-refractivity contribution in [2.24, 2.45) is 0 Å². The predicted octanol–water partition coefficient (Wildman–Crippen LogP) is 2.05. The molecule has 0 aliphatic carbocycles. The number of carbonyl (C=O) groups is 4. The molecule has 0 aliphatic rings. The fraction of sp³-hybridized carbons (Fsp3) is 0.750. The highest BCUT2D eigenvalue weighted by molar-refractivity contribution is 5.85. The summed E-state index contributed by atoms with van der Waals surface area (Å²) in [6.45, 7) is 7.87. The van der Waals surface area contributed by atoms with Gasteiger partial charge < -0.3 is 19.9 Å². The minimum absolute atomic E-state index is 0.0866. The zero-order chi connectivity index (χ0) is 18.9. The molecule has 0 aromatic carbocycles. The zero-order valence-corrected chi connectivity index (χ0v) is 14.9. The number of amides is 1. The first kappa shape index (κ1) is 21.9. The van der Waals surface area contributed by atoms with E-state index < -0.39 is 35.8 Å². The molecule has 0 rings (SSSR count). The first-order valence-corrected chi connectivity index (χ1v) is 7.88. The highest BCUT2D eigenvalue weighted by Gasteiger charge is 2.25. The molecule has 1 unspecified atom stereocenters. The quantitative estimate of drug-likeness (QED) is 0.614. The van der Waals surface area contributed by atoms with Crippen LogP contribution in [0.3, 0.4) is 0 Å². The van der Waals surface area contributed by atoms with Gasteiger partial charge in [0, 0.05) is 13.3 Å². The monoisotopic (exact) mass is 345 g/mol. The lowest BCUT2D eigenvalue weighted by Crippen LogP contribution is -2.43. The standard InChI is InChI=1S/C16H27NO7/c1-6-12(19)13(23-10(2)18)9-7-8-11(14(20)21)17-15(22)24-16(3,4)5/h11,13H,6-9H2,1-5H3,(H,17,22)(H,20,21)/t11-,13?/m0/s1. The summed E-state index contributed by atoms with van der Waals surface area (Å²) < 4.78 is 9.96. The fourth-order valence-electron chi connectivity index (χ4n) is 1.93. The Labute approximate surface area is 141 Å². The van der Waals surface area contributed by atoms with Crippen LogP contribution in [0.2, 0.25) is 0 Å². The van der Waals surface area contributed by atoms with Crippen molar-refractivity contribution >= 4 is 23.8 Å². The van der Waals surface area contributed by atoms with Gasteiger partial charge in [0.05, 0.1) is 0 Å². The lowest BCUT2D eigenvalue weighted by atomic mass is 10.0. The molecule has 0 bridgehead atoms. The van der Waals surface area contributed by atoms with Crippen molar-refractivity contribution in [2.75, 3.05) is 0 Å². The van der Waals surface area contributed by atoms with Crippen LogP contribution in [0.1, 0.15) is 60.3 Å². The molecule has 0 saturated carbocycles. The number of ether oxygens (including phenoxy) is 2. The Hall–Kier alpha value is -2.12. The van der Waals surface area contributed by atoms with Crippen molar-refractivity contribution in [3.05, 3.63) is 0 Å². The number of rotatable bonds is 9. The molecule has 8 heteroatoms. The van der Waals surface area contributed by atoms with Crippen LogP contribution in [0, 0.1) is 0 Å². The third-order valence-corrected chi connectivity index (χ3v) is 2.96. The van der Waals surface area contributed by atoms with Gasteiger partial charge in [0.25, 0.3) is 0 Å². The molecule has 0 aromatic rings. The Balaban J connectivity index is 4.57. The molecule has 0 radical (unpaired) electrons. The van der Waals surface area contributed by atoms with Crippen LogP contribution < -0.4 is 5.32 Å². The normalized spacial score (nSPS) is 13.5. The predicted molar refractivity (Wildman–Crippen MR) is 85.5 cm³/mol. The molecule has 2 atom stereocenters. The van der Waals surface area contributed by atoms with E-state index >= 15 is 0 Å². The van der Waals surface area contributed by atoms with Crippen molar-refractivity contribution in [3.8, 4) is 0 Å². The number of esters is 1. The molecule has 0 heterocycles. The number of carboxylic acids is 1. The summed E-state index contributed by atoms with van der Waals surface area (Å²) in [5, 5.41) is 11.4. The first-order valence-electron chi connectivity index (χ1n) is 7.88. The number of aliphatic carboxylic acids is 1. The second-order valence-corrected chi connectivity index (χ2v) is 6.39. The molecule has 8 nitrogen and oxygen atoms in total. The molecule has 1 amide bonds. The summed E-state index contributed by atoms with van der Waals surface area (Å²) in [6, 6.07) is -1.14. The lowest BCUT2D eigenvalue weighted by Gasteiger charge is -2.22. The van der Waals surface area contributed by atoms with Crippen molar-refractivity contribution in [1.29, 1.82) is 0 Å². The van der Waals surface area contributed by atoms with Gasteiger partial charge in [-0.2, -0.15) is 0 Å². The molecule has 0 saturated heterocycles. The maximum atomic E-state index is 11.7. The number of hydrogen-bond acceptors (Lipinski definition) is 6. The van der Waals surface area contributed by atoms with Crippen LogP contribution in [0.25, 0.3) is 0 Å². The number of ketones is 1. The number of nitrogens with one attached hydrogen (secondary N) is 1. The Morgan fingerprint density at radius 1 is 1.12 bits per heavy atom. The van der Waals surface area contributed by atoms with E-state index in [0.717, 1.165) is 0 Å². The average molecular weight is 345 g/mol. The molecule has 0 spiro atoms. The van der Waals surface area contributed by atoms with Crippen molar-refractivity contribution < 1.29 is 33.8 Å². The third-order valence-electron chi connectivity index (χ3n) is 2.96. The molecule has 24 heavy (non-hydrogen) atoms. The van der Waals surface area contributed by atoms with Gasteiger partial charge in [-0.05, 0) is 40.0 Å². The second kappa shape index (κ2) is 9.89. The summed E-state index contributed by atoms with van der Waals surface area (Å²) in [6.07, 6.45) is -0.915. The molecular formula is C16H27NO7. The maximum absolute atomic E-state index is 11.7. The van der Waals surface area contributed by atoms with Crippen LogP contribution in [-0.4, -0.2) is 46.7 Å². The summed E-state index contributed by atoms with van der Waals surface area (Å²) in [7, 11) is 0. The number of alkyl carbamates (subject to hydrolysis) is 1. The Bertz CT molecular complexity index is 468. The van der Waals surface area contributed by atoms with Gasteiger partial charge in [0.15, 0.2) is 11.9 Å². The molecule has 0 fully saturated rings. The molecule has 2 N–H and O–H groups in total. The van der Waals surface area contributed by atoms with Gasteiger partial charge in [-0.15, -0.1) is 0 Å². The summed E-state index contributed by atoms with van der Waals surface area (Å²) in [5.41, 5.74) is -0.735. The summed E-state index contributed by atoms with van der Waals surface area (Å²) in [5.74, 6) is -1.99. The minimum atomic E-state index is -1.20. The SMILES string of the molecule is CCC(=O)C(CCC[C@H](NC(=O)OC(C)(C)C)C(=O)O)OC(C)=O. The van der Waals surface area contributed by atoms with E-state index in [-0.39, 0.29) is 31.5 Å². The Kier molecular flexibility index (Phi) is 9.02. The van der Waals surface area contributed by atoms with Crippen molar-refractivity contribution in [3.63, 3.8) is 0 Å². The van der Waals surface area contributed by atoms with Gasteiger partial charge in [-0.3, -0.25) is 9.59 Å². The van der Waals surface area contributed by atoms with E-state index in [1.54, 1.807) is 27.7 Å². The highest BCUT2D eigenvalue weighted by Crippen LogP contribution is 2.12. The number of carboxylic acid groups (broad SMARTS) is 1. The van der Waals surface area contributed by atoms with Gasteiger partial charge in [-0.25, -0.2) is 9.59 Å². The summed E-state index contributed by atoms with van der Waals surface area (Å²) >= 11 is 0. The Morgan fingerprint density at radius 2 is 1.71 bits per heavy atom. The van der Waals surface area contributed by atoms with E-state index in [1.165, 1.54) is 6.92 Å². The van der Waals surface area contributed by atoms with Crippen LogP contribution in [0.15, 0.2) is 0 Å². The van der Waals surface area contributed by atoms with E-state index in [0.29, 0.717) is 0 Å². The average Bonchev–Trinajstić information content (AvgIpc) is 2.41. The van der Waals surface area contributed by atoms with Gasteiger partial charge in [0.2, 0.25) is 0 Å². The third kappa shape index (κ3) is 9.81. The molecular weight excluding hydrogens is 318 g/mol. The Morgan fingerprint density at radius 3 is 2.12 bits per heavy atom. The van der Waals surface area contributed by atoms with Crippen molar-refractivity contribution in [1.82, 2.24) is 5.32 Å². The van der Waals surface area contributed by atoms with E-state index in [2.05, 4.69) is 5.32 Å². The van der Waals surface area contributed by atoms with Crippen LogP contribution in [0.5, 0.6) is 0 Å². The smallest absolute Gasteiger partial charge is 0.408 e. The number of Topliss-reactive ketones (excluding diaryl/α,β-unsaturated/α-hetero) is 1. The molecule has 0 aromatic heterocycles. The maximum Gasteiger partial charge on any atom is 0.408 e. The van der Waals surface area contributed by atoms with E-state index in [1.807, 2.05) is 0 Å². The topological polar surface area (TPSA) is 119 Å². The highest BCUT2D eigenvalue weighted by atomic mass is 16.6. The van der Waals surface area contributed by atoms with Crippen LogP contribution in [0.4, 0.5) is 4.79 Å². The van der Waals surface area contributed by atoms with Gasteiger partial charge in [-0.1, -0.05) is 6.92 Å². The molecule has 0 aliphatic heterocycles. The second-order valence-electron chi connectivity index (χ2n) is 6.39. The van der Waals surface area contributed by atoms with E-state index in [9.17, 15) is 19.2 Å². The largest absolute Gasteiger partial charge is 0.480 e. The zero-order valence-electron chi connectivity index (χ0n) is 14.9. The first-order chi connectivity index (χ1) is 11.0. The molecule has 138 valence electrons. The summed E-state index contributed by atoms with van der Waals surface area (Å²) in [4.78, 5) is 45.6. The number of hydrogen-bond donors (Lipinski definition) is 2. The minimum Gasteiger partial charge on any atom is -0.480 e.